The number of rotatable bonds is 5. The average molecular weight is 294 g/mol. The summed E-state index contributed by atoms with van der Waals surface area (Å²) in [5.41, 5.74) is 0. The Bertz CT molecular complexity index is 472. The van der Waals surface area contributed by atoms with Crippen LogP contribution in [0.1, 0.15) is 18.6 Å². The molecule has 21 heavy (non-hydrogen) atoms. The third-order valence-corrected chi connectivity index (χ3v) is 3.80. The first-order valence-corrected chi connectivity index (χ1v) is 7.16. The van der Waals surface area contributed by atoms with Crippen molar-refractivity contribution in [3.63, 3.8) is 0 Å². The number of likely N-dealkylation sites (tertiary alicyclic amines) is 1. The molecule has 0 bridgehead atoms. The summed E-state index contributed by atoms with van der Waals surface area (Å²) in [4.78, 5) is 27.5. The summed E-state index contributed by atoms with van der Waals surface area (Å²) >= 11 is 0. The highest BCUT2D eigenvalue weighted by molar-refractivity contribution is 5.78. The molecule has 6 heteroatoms. The first kappa shape index (κ1) is 15.6. The van der Waals surface area contributed by atoms with Crippen molar-refractivity contribution in [2.45, 2.75) is 19.4 Å². The highest BCUT2D eigenvalue weighted by atomic mass is 16.5. The molecule has 1 aliphatic heterocycles. The number of ether oxygens (including phenoxy) is 1. The molecule has 0 N–H and O–H groups in total. The third-order valence-electron chi connectivity index (χ3n) is 3.80. The molecule has 1 fully saturated rings. The second kappa shape index (κ2) is 7.26. The van der Waals surface area contributed by atoms with E-state index in [9.17, 15) is 9.59 Å². The molecule has 0 aliphatic carbocycles. The minimum absolute atomic E-state index is 0.0249. The second-order valence-electron chi connectivity index (χ2n) is 5.43. The highest BCUT2D eigenvalue weighted by Gasteiger charge is 2.28. The molecule has 116 valence electrons. The van der Waals surface area contributed by atoms with E-state index in [1.807, 2.05) is 11.0 Å². The summed E-state index contributed by atoms with van der Waals surface area (Å²) in [6.07, 6.45) is 3.34. The number of methoxy groups -OCH3 is 1. The molecule has 1 saturated heterocycles. The number of esters is 1. The summed E-state index contributed by atoms with van der Waals surface area (Å²) < 4.78 is 10.0. The van der Waals surface area contributed by atoms with Gasteiger partial charge in [-0.25, -0.2) is 0 Å². The fourth-order valence-corrected chi connectivity index (χ4v) is 2.59. The van der Waals surface area contributed by atoms with Gasteiger partial charge in [0.15, 0.2) is 0 Å². The van der Waals surface area contributed by atoms with Crippen LogP contribution in [0.5, 0.6) is 0 Å². The lowest BCUT2D eigenvalue weighted by atomic mass is 9.98. The molecule has 1 amide bonds. The van der Waals surface area contributed by atoms with Crippen LogP contribution in [0.4, 0.5) is 0 Å². The first-order valence-electron chi connectivity index (χ1n) is 7.16. The number of likely N-dealkylation sites (N-methyl/N-ethyl adjacent to an activating group) is 1. The van der Waals surface area contributed by atoms with Crippen LogP contribution in [0.15, 0.2) is 22.8 Å². The van der Waals surface area contributed by atoms with Gasteiger partial charge in [-0.1, -0.05) is 0 Å². The Hall–Kier alpha value is -1.82. The highest BCUT2D eigenvalue weighted by Crippen LogP contribution is 2.17. The molecule has 2 rings (SSSR count). The predicted molar refractivity (Wildman–Crippen MR) is 76.4 cm³/mol. The van der Waals surface area contributed by atoms with Crippen molar-refractivity contribution >= 4 is 11.9 Å². The van der Waals surface area contributed by atoms with Crippen LogP contribution in [-0.2, 0) is 20.9 Å². The Morgan fingerprint density at radius 2 is 2.33 bits per heavy atom. The van der Waals surface area contributed by atoms with Gasteiger partial charge in [0.25, 0.3) is 0 Å². The van der Waals surface area contributed by atoms with E-state index >= 15 is 0 Å². The van der Waals surface area contributed by atoms with Crippen LogP contribution >= 0.6 is 0 Å². The molecular formula is C15H22N2O4. The van der Waals surface area contributed by atoms with Gasteiger partial charge in [0.2, 0.25) is 5.91 Å². The maximum atomic E-state index is 12.2. The number of carbonyl (C=O) groups is 2. The lowest BCUT2D eigenvalue weighted by molar-refractivity contribution is -0.148. The Morgan fingerprint density at radius 1 is 1.52 bits per heavy atom. The minimum Gasteiger partial charge on any atom is -0.469 e. The molecule has 6 nitrogen and oxygen atoms in total. The van der Waals surface area contributed by atoms with Gasteiger partial charge in [-0.3, -0.25) is 14.5 Å². The summed E-state index contributed by atoms with van der Waals surface area (Å²) in [6, 6.07) is 3.65. The normalized spacial score (nSPS) is 19.2. The second-order valence-corrected chi connectivity index (χ2v) is 5.43. The monoisotopic (exact) mass is 294 g/mol. The van der Waals surface area contributed by atoms with Gasteiger partial charge in [0.05, 0.1) is 32.4 Å². The predicted octanol–water partition coefficient (Wildman–Crippen LogP) is 1.12. The largest absolute Gasteiger partial charge is 0.469 e. The van der Waals surface area contributed by atoms with Crippen molar-refractivity contribution in [2.75, 3.05) is 33.8 Å². The van der Waals surface area contributed by atoms with Gasteiger partial charge in [-0.15, -0.1) is 0 Å². The molecule has 1 aromatic rings. The average Bonchev–Trinajstić information content (AvgIpc) is 2.99. The molecule has 1 aromatic heterocycles. The molecule has 0 radical (unpaired) electrons. The molecule has 1 aliphatic rings. The molecular weight excluding hydrogens is 272 g/mol. The summed E-state index contributed by atoms with van der Waals surface area (Å²) in [5, 5.41) is 0. The number of carbonyl (C=O) groups excluding carboxylic acids is 2. The maximum Gasteiger partial charge on any atom is 0.309 e. The van der Waals surface area contributed by atoms with Gasteiger partial charge < -0.3 is 14.1 Å². The third kappa shape index (κ3) is 4.32. The smallest absolute Gasteiger partial charge is 0.309 e. The van der Waals surface area contributed by atoms with Crippen molar-refractivity contribution in [2.24, 2.45) is 5.92 Å². The standard InChI is InChI=1S/C15H22N2O4/c1-16(10-13-6-4-8-21-13)14(18)11-17-7-3-5-12(9-17)15(19)20-2/h4,6,8,12H,3,5,7,9-11H2,1-2H3. The number of furan rings is 1. The SMILES string of the molecule is COC(=O)C1CCCN(CC(=O)N(C)Cc2ccco2)C1. The van der Waals surface area contributed by atoms with Crippen molar-refractivity contribution in [1.29, 1.82) is 0 Å². The number of hydrogen-bond donors (Lipinski definition) is 0. The van der Waals surface area contributed by atoms with E-state index in [0.717, 1.165) is 25.1 Å². The summed E-state index contributed by atoms with van der Waals surface area (Å²) in [7, 11) is 3.16. The van der Waals surface area contributed by atoms with Crippen molar-refractivity contribution < 1.29 is 18.7 Å². The van der Waals surface area contributed by atoms with Crippen molar-refractivity contribution in [1.82, 2.24) is 9.80 Å². The van der Waals surface area contributed by atoms with Gasteiger partial charge in [0.1, 0.15) is 5.76 Å². The number of nitrogens with zero attached hydrogens (tertiary/aromatic N) is 2. The fraction of sp³-hybridized carbons (Fsp3) is 0.600. The Balaban J connectivity index is 1.82. The quantitative estimate of drug-likeness (QED) is 0.762. The van der Waals surface area contributed by atoms with E-state index < -0.39 is 0 Å². The number of amides is 1. The lowest BCUT2D eigenvalue weighted by Gasteiger charge is -2.31. The molecule has 1 unspecified atom stereocenters. The van der Waals surface area contributed by atoms with Gasteiger partial charge in [0, 0.05) is 13.6 Å². The van der Waals surface area contributed by atoms with Crippen LogP contribution < -0.4 is 0 Å². The van der Waals surface area contributed by atoms with E-state index in [1.54, 1.807) is 24.3 Å². The van der Waals surface area contributed by atoms with Crippen molar-refractivity contribution in [3.05, 3.63) is 24.2 Å². The zero-order valence-corrected chi connectivity index (χ0v) is 12.6. The first-order chi connectivity index (χ1) is 10.1. The fourth-order valence-electron chi connectivity index (χ4n) is 2.59. The molecule has 0 spiro atoms. The summed E-state index contributed by atoms with van der Waals surface area (Å²) in [5.74, 6) is 0.483. The Morgan fingerprint density at radius 3 is 3.00 bits per heavy atom. The van der Waals surface area contributed by atoms with E-state index in [4.69, 9.17) is 9.15 Å². The Labute approximate surface area is 124 Å². The molecule has 0 aromatic carbocycles. The maximum absolute atomic E-state index is 12.2. The zero-order chi connectivity index (χ0) is 15.2. The van der Waals surface area contributed by atoms with Crippen LogP contribution in [-0.4, -0.2) is 55.5 Å². The zero-order valence-electron chi connectivity index (χ0n) is 12.6. The van der Waals surface area contributed by atoms with Gasteiger partial charge >= 0.3 is 5.97 Å². The van der Waals surface area contributed by atoms with E-state index in [2.05, 4.69) is 0 Å². The van der Waals surface area contributed by atoms with Crippen LogP contribution in [0, 0.1) is 5.92 Å². The van der Waals surface area contributed by atoms with E-state index in [-0.39, 0.29) is 17.8 Å². The van der Waals surface area contributed by atoms with Gasteiger partial charge in [-0.05, 0) is 31.5 Å². The molecule has 0 saturated carbocycles. The van der Waals surface area contributed by atoms with Crippen LogP contribution in [0.25, 0.3) is 0 Å². The molecule has 2 heterocycles. The summed E-state index contributed by atoms with van der Waals surface area (Å²) in [6.45, 7) is 2.21. The lowest BCUT2D eigenvalue weighted by Crippen LogP contribution is -2.44. The van der Waals surface area contributed by atoms with Gasteiger partial charge in [-0.2, -0.15) is 0 Å². The van der Waals surface area contributed by atoms with E-state index in [1.165, 1.54) is 7.11 Å². The van der Waals surface area contributed by atoms with Crippen LogP contribution in [0.2, 0.25) is 0 Å². The molecule has 1 atom stereocenters. The minimum atomic E-state index is -0.184. The van der Waals surface area contributed by atoms with E-state index in [0.29, 0.717) is 19.6 Å². The van der Waals surface area contributed by atoms with Crippen molar-refractivity contribution in [3.8, 4) is 0 Å². The Kier molecular flexibility index (Phi) is 5.38. The topological polar surface area (TPSA) is 63.0 Å². The van der Waals surface area contributed by atoms with Crippen LogP contribution in [0.3, 0.4) is 0 Å². The number of hydrogen-bond acceptors (Lipinski definition) is 5. The number of piperidine rings is 1.